The summed E-state index contributed by atoms with van der Waals surface area (Å²) < 4.78 is 10.7. The lowest BCUT2D eigenvalue weighted by Crippen LogP contribution is -2.29. The number of nitrogens with zero attached hydrogens (tertiary/aromatic N) is 1. The van der Waals surface area contributed by atoms with Gasteiger partial charge in [0.1, 0.15) is 17.3 Å². The number of aliphatic hydroxyl groups excluding tert-OH is 1. The van der Waals surface area contributed by atoms with Crippen molar-refractivity contribution >= 4 is 17.4 Å². The molecule has 0 spiro atoms. The van der Waals surface area contributed by atoms with Gasteiger partial charge in [0.05, 0.1) is 31.5 Å². The fraction of sp³-hybridized carbons (Fsp3) is 0.200. The largest absolute Gasteiger partial charge is 0.507 e. The summed E-state index contributed by atoms with van der Waals surface area (Å²) in [4.78, 5) is 27.6. The first-order valence-electron chi connectivity index (χ1n) is 9.93. The number of carbonyl (C=O) groups excluding carboxylic acids is 2. The van der Waals surface area contributed by atoms with E-state index in [1.807, 2.05) is 38.1 Å². The lowest BCUT2D eigenvalue weighted by molar-refractivity contribution is -0.140. The summed E-state index contributed by atoms with van der Waals surface area (Å²) in [6.07, 6.45) is 1.52. The number of hydrogen-bond acceptors (Lipinski definition) is 5. The summed E-state index contributed by atoms with van der Waals surface area (Å²) in [5, 5.41) is 11.2. The molecule has 1 atom stereocenters. The number of carbonyl (C=O) groups is 2. The molecule has 1 aliphatic rings. The Labute approximate surface area is 180 Å². The van der Waals surface area contributed by atoms with Gasteiger partial charge in [0.15, 0.2) is 0 Å². The van der Waals surface area contributed by atoms with Crippen LogP contribution in [0.1, 0.15) is 34.1 Å². The van der Waals surface area contributed by atoms with Gasteiger partial charge in [-0.1, -0.05) is 24.3 Å². The molecule has 4 rings (SSSR count). The molecule has 1 aromatic heterocycles. The van der Waals surface area contributed by atoms with E-state index in [-0.39, 0.29) is 17.9 Å². The maximum Gasteiger partial charge on any atom is 0.296 e. The van der Waals surface area contributed by atoms with Crippen LogP contribution in [0.15, 0.2) is 70.9 Å². The Morgan fingerprint density at radius 1 is 1.06 bits per heavy atom. The van der Waals surface area contributed by atoms with E-state index >= 15 is 0 Å². The zero-order valence-electron chi connectivity index (χ0n) is 17.6. The van der Waals surface area contributed by atoms with Crippen LogP contribution in [0.2, 0.25) is 0 Å². The zero-order chi connectivity index (χ0) is 22.1. The summed E-state index contributed by atoms with van der Waals surface area (Å²) in [5.74, 6) is -0.387. The minimum absolute atomic E-state index is 0.0686. The molecule has 1 aliphatic heterocycles. The number of likely N-dealkylation sites (tertiary alicyclic amines) is 1. The Kier molecular flexibility index (Phi) is 5.38. The maximum absolute atomic E-state index is 13.1. The number of hydrogen-bond donors (Lipinski definition) is 1. The Bertz CT molecular complexity index is 1180. The highest BCUT2D eigenvalue weighted by atomic mass is 16.5. The molecule has 0 aliphatic carbocycles. The number of benzene rings is 2. The summed E-state index contributed by atoms with van der Waals surface area (Å²) in [7, 11) is 1.56. The van der Waals surface area contributed by atoms with Crippen molar-refractivity contribution in [3.8, 4) is 5.75 Å². The van der Waals surface area contributed by atoms with Crippen molar-refractivity contribution in [2.24, 2.45) is 0 Å². The molecule has 1 unspecified atom stereocenters. The third-order valence-corrected chi connectivity index (χ3v) is 5.62. The first-order chi connectivity index (χ1) is 14.9. The summed E-state index contributed by atoms with van der Waals surface area (Å²) in [6, 6.07) is 15.5. The highest BCUT2D eigenvalue weighted by Crippen LogP contribution is 2.42. The minimum atomic E-state index is -0.729. The van der Waals surface area contributed by atoms with Gasteiger partial charge in [-0.25, -0.2) is 0 Å². The second kappa shape index (κ2) is 8.14. The first kappa shape index (κ1) is 20.5. The van der Waals surface area contributed by atoms with Crippen LogP contribution in [-0.2, 0) is 16.1 Å². The number of aliphatic hydroxyl groups is 1. The molecular weight excluding hydrogens is 394 g/mol. The van der Waals surface area contributed by atoms with Gasteiger partial charge >= 0.3 is 0 Å². The number of furan rings is 1. The van der Waals surface area contributed by atoms with E-state index in [0.29, 0.717) is 17.1 Å². The fourth-order valence-electron chi connectivity index (χ4n) is 4.00. The predicted molar refractivity (Wildman–Crippen MR) is 115 cm³/mol. The molecule has 31 heavy (non-hydrogen) atoms. The lowest BCUT2D eigenvalue weighted by Gasteiger charge is -2.26. The highest BCUT2D eigenvalue weighted by molar-refractivity contribution is 6.46. The highest BCUT2D eigenvalue weighted by Gasteiger charge is 2.46. The van der Waals surface area contributed by atoms with Gasteiger partial charge in [0.2, 0.25) is 0 Å². The van der Waals surface area contributed by atoms with E-state index < -0.39 is 17.7 Å². The minimum Gasteiger partial charge on any atom is -0.507 e. The standard InChI is InChI=1S/C25H23NO5/c1-15-7-4-5-9-19(15)22-21(23(27)20-11-10-17(30-3)13-16(20)2)24(28)25(29)26(22)14-18-8-6-12-31-18/h4-13,22,27H,14H2,1-3H3/b23-21+. The Morgan fingerprint density at radius 2 is 1.84 bits per heavy atom. The van der Waals surface area contributed by atoms with Crippen molar-refractivity contribution < 1.29 is 23.8 Å². The van der Waals surface area contributed by atoms with E-state index in [0.717, 1.165) is 16.7 Å². The second-order valence-electron chi connectivity index (χ2n) is 7.54. The molecule has 1 N–H and O–H groups in total. The second-order valence-corrected chi connectivity index (χ2v) is 7.54. The van der Waals surface area contributed by atoms with Gasteiger partial charge in [-0.3, -0.25) is 9.59 Å². The summed E-state index contributed by atoms with van der Waals surface area (Å²) >= 11 is 0. The van der Waals surface area contributed by atoms with Gasteiger partial charge in [-0.05, 0) is 60.9 Å². The van der Waals surface area contributed by atoms with Crippen molar-refractivity contribution in [2.75, 3.05) is 7.11 Å². The number of Topliss-reactive ketones (excluding diaryl/α,β-unsaturated/α-hetero) is 1. The first-order valence-corrected chi connectivity index (χ1v) is 9.93. The van der Waals surface area contributed by atoms with Gasteiger partial charge in [0.25, 0.3) is 11.7 Å². The predicted octanol–water partition coefficient (Wildman–Crippen LogP) is 4.53. The molecule has 2 aromatic carbocycles. The van der Waals surface area contributed by atoms with E-state index in [9.17, 15) is 14.7 Å². The van der Waals surface area contributed by atoms with Crippen LogP contribution in [-0.4, -0.2) is 28.8 Å². The van der Waals surface area contributed by atoms with Crippen LogP contribution in [0, 0.1) is 13.8 Å². The van der Waals surface area contributed by atoms with Crippen LogP contribution in [0.4, 0.5) is 0 Å². The normalized spacial score (nSPS) is 17.9. The van der Waals surface area contributed by atoms with Crippen molar-refractivity contribution in [1.29, 1.82) is 0 Å². The van der Waals surface area contributed by atoms with Crippen LogP contribution < -0.4 is 4.74 Å². The molecule has 1 amide bonds. The molecule has 2 heterocycles. The molecule has 0 saturated carbocycles. The molecular formula is C25H23NO5. The topological polar surface area (TPSA) is 80.0 Å². The molecule has 3 aromatic rings. The number of amides is 1. The molecule has 1 saturated heterocycles. The van der Waals surface area contributed by atoms with Crippen molar-refractivity contribution in [1.82, 2.24) is 4.90 Å². The number of methoxy groups -OCH3 is 1. The number of aryl methyl sites for hydroxylation is 2. The third kappa shape index (κ3) is 3.61. The van der Waals surface area contributed by atoms with E-state index in [1.54, 1.807) is 37.4 Å². The SMILES string of the molecule is COc1ccc(/C(O)=C2\C(=O)C(=O)N(Cc3ccco3)C2c2ccccc2C)c(C)c1. The Hall–Kier alpha value is -3.80. The van der Waals surface area contributed by atoms with E-state index in [2.05, 4.69) is 0 Å². The van der Waals surface area contributed by atoms with Crippen molar-refractivity contribution in [3.05, 3.63) is 94.4 Å². The van der Waals surface area contributed by atoms with Gasteiger partial charge in [0, 0.05) is 5.56 Å². The van der Waals surface area contributed by atoms with Gasteiger partial charge < -0.3 is 19.2 Å². The van der Waals surface area contributed by atoms with Crippen LogP contribution >= 0.6 is 0 Å². The fourth-order valence-corrected chi connectivity index (χ4v) is 4.00. The average molecular weight is 417 g/mol. The maximum atomic E-state index is 13.1. The smallest absolute Gasteiger partial charge is 0.296 e. The van der Waals surface area contributed by atoms with E-state index in [4.69, 9.17) is 9.15 Å². The number of ether oxygens (including phenoxy) is 1. The molecule has 1 fully saturated rings. The van der Waals surface area contributed by atoms with Crippen LogP contribution in [0.3, 0.4) is 0 Å². The Balaban J connectivity index is 1.90. The Morgan fingerprint density at radius 3 is 2.48 bits per heavy atom. The van der Waals surface area contributed by atoms with Crippen molar-refractivity contribution in [2.45, 2.75) is 26.4 Å². The lowest BCUT2D eigenvalue weighted by atomic mass is 9.91. The van der Waals surface area contributed by atoms with Gasteiger partial charge in [-0.2, -0.15) is 0 Å². The molecule has 0 radical (unpaired) electrons. The monoisotopic (exact) mass is 417 g/mol. The average Bonchev–Trinajstić information content (AvgIpc) is 3.36. The zero-order valence-corrected chi connectivity index (χ0v) is 17.6. The molecule has 6 heteroatoms. The number of rotatable bonds is 5. The van der Waals surface area contributed by atoms with Gasteiger partial charge in [-0.15, -0.1) is 0 Å². The van der Waals surface area contributed by atoms with Crippen LogP contribution in [0.5, 0.6) is 5.75 Å². The summed E-state index contributed by atoms with van der Waals surface area (Å²) in [5.41, 5.74) is 2.98. The number of ketones is 1. The molecule has 158 valence electrons. The summed E-state index contributed by atoms with van der Waals surface area (Å²) in [6.45, 7) is 3.86. The molecule has 0 bridgehead atoms. The quantitative estimate of drug-likeness (QED) is 0.375. The van der Waals surface area contributed by atoms with Crippen molar-refractivity contribution in [3.63, 3.8) is 0 Å². The van der Waals surface area contributed by atoms with Crippen LogP contribution in [0.25, 0.3) is 5.76 Å². The molecule has 6 nitrogen and oxygen atoms in total. The van der Waals surface area contributed by atoms with E-state index in [1.165, 1.54) is 11.2 Å². The third-order valence-electron chi connectivity index (χ3n) is 5.62.